The predicted octanol–water partition coefficient (Wildman–Crippen LogP) is 4.02. The normalized spacial score (nSPS) is 17.3. The number of aromatic nitrogens is 2. The minimum absolute atomic E-state index is 0.203. The summed E-state index contributed by atoms with van der Waals surface area (Å²) in [5.41, 5.74) is 2.73. The van der Waals surface area contributed by atoms with E-state index in [1.807, 2.05) is 6.07 Å². The molecule has 96 valence electrons. The lowest BCUT2D eigenvalue weighted by molar-refractivity contribution is 0.465. The van der Waals surface area contributed by atoms with Crippen molar-refractivity contribution in [2.75, 3.05) is 0 Å². The Labute approximate surface area is 111 Å². The van der Waals surface area contributed by atoms with Gasteiger partial charge in [0.05, 0.1) is 16.9 Å². The Morgan fingerprint density at radius 2 is 2.17 bits per heavy atom. The zero-order chi connectivity index (χ0) is 12.9. The van der Waals surface area contributed by atoms with Gasteiger partial charge in [0, 0.05) is 12.6 Å². The van der Waals surface area contributed by atoms with Crippen LogP contribution in [-0.2, 0) is 12.4 Å². The summed E-state index contributed by atoms with van der Waals surface area (Å²) in [6.07, 6.45) is 2.49. The molecule has 1 aliphatic carbocycles. The maximum absolute atomic E-state index is 13.6. The van der Waals surface area contributed by atoms with Crippen LogP contribution in [0.3, 0.4) is 0 Å². The predicted molar refractivity (Wildman–Crippen MR) is 71.3 cm³/mol. The topological polar surface area (TPSA) is 17.8 Å². The number of fused-ring (bicyclic) bond motifs is 1. The molecule has 18 heavy (non-hydrogen) atoms. The summed E-state index contributed by atoms with van der Waals surface area (Å²) in [6, 6.07) is 3.38. The third kappa shape index (κ3) is 1.91. The molecule has 1 aromatic carbocycles. The fraction of sp³-hybridized carbons (Fsp3) is 0.500. The summed E-state index contributed by atoms with van der Waals surface area (Å²) in [7, 11) is 0. The first kappa shape index (κ1) is 12.0. The molecule has 1 aromatic heterocycles. The molecule has 0 unspecified atom stereocenters. The van der Waals surface area contributed by atoms with Crippen LogP contribution in [0.2, 0.25) is 0 Å². The van der Waals surface area contributed by atoms with Crippen LogP contribution in [0.1, 0.15) is 31.2 Å². The van der Waals surface area contributed by atoms with Gasteiger partial charge >= 0.3 is 0 Å². The average Bonchev–Trinajstić information content (AvgIpc) is 2.97. The molecule has 1 fully saturated rings. The highest BCUT2D eigenvalue weighted by atomic mass is 35.5. The number of nitrogens with zero attached hydrogens (tertiary/aromatic N) is 2. The summed E-state index contributed by atoms with van der Waals surface area (Å²) < 4.78 is 15.7. The van der Waals surface area contributed by atoms with Gasteiger partial charge in [-0.15, -0.1) is 11.6 Å². The van der Waals surface area contributed by atoms with E-state index < -0.39 is 0 Å². The van der Waals surface area contributed by atoms with E-state index in [0.717, 1.165) is 17.9 Å². The third-order valence-corrected chi connectivity index (χ3v) is 4.11. The Morgan fingerprint density at radius 3 is 2.78 bits per heavy atom. The van der Waals surface area contributed by atoms with Crippen LogP contribution in [0.15, 0.2) is 12.1 Å². The first-order chi connectivity index (χ1) is 8.52. The van der Waals surface area contributed by atoms with Gasteiger partial charge in [-0.2, -0.15) is 0 Å². The fourth-order valence-electron chi connectivity index (χ4n) is 2.33. The smallest absolute Gasteiger partial charge is 0.128 e. The van der Waals surface area contributed by atoms with Crippen molar-refractivity contribution >= 4 is 22.6 Å². The van der Waals surface area contributed by atoms with Gasteiger partial charge in [0.15, 0.2) is 0 Å². The van der Waals surface area contributed by atoms with Gasteiger partial charge < -0.3 is 4.57 Å². The van der Waals surface area contributed by atoms with Gasteiger partial charge in [-0.25, -0.2) is 9.37 Å². The molecule has 0 saturated heterocycles. The van der Waals surface area contributed by atoms with Crippen molar-refractivity contribution in [1.82, 2.24) is 9.55 Å². The van der Waals surface area contributed by atoms with Gasteiger partial charge in [0.2, 0.25) is 0 Å². The Kier molecular flexibility index (Phi) is 2.63. The van der Waals surface area contributed by atoms with Crippen molar-refractivity contribution < 1.29 is 4.39 Å². The first-order valence-corrected chi connectivity index (χ1v) is 6.77. The van der Waals surface area contributed by atoms with Crippen molar-refractivity contribution in [2.24, 2.45) is 5.41 Å². The molecule has 1 saturated carbocycles. The number of imidazole rings is 1. The minimum atomic E-state index is -0.203. The summed E-state index contributed by atoms with van der Waals surface area (Å²) in [6.45, 7) is 4.98. The van der Waals surface area contributed by atoms with Crippen LogP contribution >= 0.6 is 11.6 Å². The van der Waals surface area contributed by atoms with Crippen LogP contribution < -0.4 is 0 Å². The zero-order valence-corrected chi connectivity index (χ0v) is 11.4. The van der Waals surface area contributed by atoms with Crippen LogP contribution in [0, 0.1) is 18.2 Å². The van der Waals surface area contributed by atoms with Crippen LogP contribution in [0.25, 0.3) is 11.0 Å². The second kappa shape index (κ2) is 3.95. The quantitative estimate of drug-likeness (QED) is 0.767. The number of rotatable bonds is 3. The van der Waals surface area contributed by atoms with Gasteiger partial charge in [-0.3, -0.25) is 0 Å². The Balaban J connectivity index is 2.17. The van der Waals surface area contributed by atoms with Crippen molar-refractivity contribution in [3.8, 4) is 0 Å². The number of alkyl halides is 1. The largest absolute Gasteiger partial charge is 0.326 e. The average molecular weight is 267 g/mol. The van der Waals surface area contributed by atoms with Crippen molar-refractivity contribution in [1.29, 1.82) is 0 Å². The van der Waals surface area contributed by atoms with E-state index in [1.54, 1.807) is 6.92 Å². The molecule has 2 nitrogen and oxygen atoms in total. The first-order valence-electron chi connectivity index (χ1n) is 6.24. The molecule has 0 aliphatic heterocycles. The molecular formula is C14H16ClFN2. The van der Waals surface area contributed by atoms with Crippen LogP contribution in [-0.4, -0.2) is 9.55 Å². The maximum atomic E-state index is 13.6. The third-order valence-electron chi connectivity index (χ3n) is 3.87. The Morgan fingerprint density at radius 1 is 1.44 bits per heavy atom. The van der Waals surface area contributed by atoms with Gasteiger partial charge in [0.1, 0.15) is 11.6 Å². The number of hydrogen-bond acceptors (Lipinski definition) is 1. The van der Waals surface area contributed by atoms with E-state index in [0.29, 0.717) is 22.4 Å². The second-order valence-electron chi connectivity index (χ2n) is 5.65. The molecule has 4 heteroatoms. The lowest BCUT2D eigenvalue weighted by Crippen LogP contribution is -2.10. The summed E-state index contributed by atoms with van der Waals surface area (Å²) in [5, 5.41) is 0. The Hall–Kier alpha value is -1.09. The standard InChI is InChI=1S/C14H16ClFN2/c1-9-5-12-11(6-10(9)16)17-13(7-15)18(12)8-14(2)3-4-14/h5-6H,3-4,7-8H2,1-2H3. The number of benzene rings is 1. The molecule has 0 bridgehead atoms. The molecule has 1 aliphatic rings. The van der Waals surface area contributed by atoms with E-state index in [4.69, 9.17) is 11.6 Å². The van der Waals surface area contributed by atoms with E-state index >= 15 is 0 Å². The molecule has 0 atom stereocenters. The monoisotopic (exact) mass is 266 g/mol. The molecule has 3 rings (SSSR count). The van der Waals surface area contributed by atoms with Crippen molar-refractivity contribution in [3.05, 3.63) is 29.3 Å². The fourth-order valence-corrected chi connectivity index (χ4v) is 2.54. The Bertz CT molecular complexity index is 614. The van der Waals surface area contributed by atoms with E-state index in [-0.39, 0.29) is 5.82 Å². The lowest BCUT2D eigenvalue weighted by atomic mass is 10.1. The molecule has 0 spiro atoms. The molecule has 0 amide bonds. The maximum Gasteiger partial charge on any atom is 0.128 e. The number of hydrogen-bond donors (Lipinski definition) is 0. The summed E-state index contributed by atoms with van der Waals surface area (Å²) in [5.74, 6) is 1.00. The second-order valence-corrected chi connectivity index (χ2v) is 5.92. The molecule has 2 aromatic rings. The lowest BCUT2D eigenvalue weighted by Gasteiger charge is -2.13. The minimum Gasteiger partial charge on any atom is -0.326 e. The summed E-state index contributed by atoms with van der Waals surface area (Å²) in [4.78, 5) is 4.44. The number of halogens is 2. The highest BCUT2D eigenvalue weighted by Crippen LogP contribution is 2.47. The summed E-state index contributed by atoms with van der Waals surface area (Å²) >= 11 is 5.96. The molecule has 0 N–H and O–H groups in total. The van der Waals surface area contributed by atoms with Crippen LogP contribution in [0.5, 0.6) is 0 Å². The SMILES string of the molecule is Cc1cc2c(cc1F)nc(CCl)n2CC1(C)CC1. The van der Waals surface area contributed by atoms with E-state index in [2.05, 4.69) is 16.5 Å². The number of aryl methyl sites for hydroxylation is 1. The highest BCUT2D eigenvalue weighted by molar-refractivity contribution is 6.16. The van der Waals surface area contributed by atoms with E-state index in [9.17, 15) is 4.39 Å². The van der Waals surface area contributed by atoms with Gasteiger partial charge in [-0.05, 0) is 36.8 Å². The van der Waals surface area contributed by atoms with Crippen molar-refractivity contribution in [3.63, 3.8) is 0 Å². The van der Waals surface area contributed by atoms with Gasteiger partial charge in [-0.1, -0.05) is 6.92 Å². The molecular weight excluding hydrogens is 251 g/mol. The zero-order valence-electron chi connectivity index (χ0n) is 10.6. The van der Waals surface area contributed by atoms with Crippen molar-refractivity contribution in [2.45, 2.75) is 39.1 Å². The van der Waals surface area contributed by atoms with Crippen LogP contribution in [0.4, 0.5) is 4.39 Å². The molecule has 0 radical (unpaired) electrons. The highest BCUT2D eigenvalue weighted by Gasteiger charge is 2.38. The van der Waals surface area contributed by atoms with E-state index in [1.165, 1.54) is 18.9 Å². The molecule has 1 heterocycles. The van der Waals surface area contributed by atoms with Gasteiger partial charge in [0.25, 0.3) is 0 Å².